The van der Waals surface area contributed by atoms with Crippen molar-refractivity contribution in [3.63, 3.8) is 0 Å². The number of carbonyl (C=O) groups excluding carboxylic acids is 1. The number of halogens is 2. The number of nitrogens with one attached hydrogen (secondary N) is 1. The van der Waals surface area contributed by atoms with E-state index in [0.29, 0.717) is 12.2 Å². The van der Waals surface area contributed by atoms with Gasteiger partial charge in [-0.25, -0.2) is 9.37 Å². The maximum absolute atomic E-state index is 14.3. The van der Waals surface area contributed by atoms with Gasteiger partial charge >= 0.3 is 0 Å². The minimum atomic E-state index is -0.339. The highest BCUT2D eigenvalue weighted by molar-refractivity contribution is 9.10. The molecule has 1 amide bonds. The molecule has 26 heavy (non-hydrogen) atoms. The fourth-order valence-electron chi connectivity index (χ4n) is 3.15. The fraction of sp³-hybridized carbons (Fsp3) is 0.200. The van der Waals surface area contributed by atoms with E-state index in [9.17, 15) is 9.18 Å². The van der Waals surface area contributed by atoms with Crippen LogP contribution in [0.2, 0.25) is 0 Å². The molecule has 0 bridgehead atoms. The van der Waals surface area contributed by atoms with Gasteiger partial charge in [0.15, 0.2) is 0 Å². The van der Waals surface area contributed by atoms with Crippen LogP contribution in [0.4, 0.5) is 4.39 Å². The molecule has 2 atom stereocenters. The van der Waals surface area contributed by atoms with Gasteiger partial charge in [0.2, 0.25) is 5.91 Å². The zero-order valence-electron chi connectivity index (χ0n) is 13.9. The largest absolute Gasteiger partial charge is 0.352 e. The van der Waals surface area contributed by atoms with Gasteiger partial charge in [-0.05, 0) is 47.7 Å². The predicted octanol–water partition coefficient (Wildman–Crippen LogP) is 4.19. The van der Waals surface area contributed by atoms with Crippen LogP contribution in [-0.4, -0.2) is 15.5 Å². The number of hydrogen-bond acceptors (Lipinski definition) is 2. The number of rotatable bonds is 5. The number of carbonyl (C=O) groups is 1. The Labute approximate surface area is 159 Å². The Morgan fingerprint density at radius 2 is 2.08 bits per heavy atom. The van der Waals surface area contributed by atoms with E-state index < -0.39 is 0 Å². The Kier molecular flexibility index (Phi) is 4.59. The minimum Gasteiger partial charge on any atom is -0.352 e. The molecule has 0 aliphatic heterocycles. The quantitative estimate of drug-likeness (QED) is 0.681. The predicted molar refractivity (Wildman–Crippen MR) is 100 cm³/mol. The summed E-state index contributed by atoms with van der Waals surface area (Å²) in [5.74, 6) is -0.0272. The third-order valence-electron chi connectivity index (χ3n) is 4.69. The summed E-state index contributed by atoms with van der Waals surface area (Å²) in [6, 6.07) is 13.0. The SMILES string of the molecule is O=C(NCc1ccc(-n2ccnc2)c(F)c1)C1CC1c1ccc(Br)cc1. The van der Waals surface area contributed by atoms with Gasteiger partial charge in [0.05, 0.1) is 12.0 Å². The number of aromatic nitrogens is 2. The molecule has 3 aromatic rings. The van der Waals surface area contributed by atoms with Gasteiger partial charge in [0.1, 0.15) is 5.82 Å². The first-order chi connectivity index (χ1) is 12.6. The lowest BCUT2D eigenvalue weighted by molar-refractivity contribution is -0.122. The Morgan fingerprint density at radius 1 is 1.27 bits per heavy atom. The second kappa shape index (κ2) is 7.03. The zero-order chi connectivity index (χ0) is 18.1. The number of nitrogens with zero attached hydrogens (tertiary/aromatic N) is 2. The van der Waals surface area contributed by atoms with Crippen molar-refractivity contribution in [1.29, 1.82) is 0 Å². The second-order valence-corrected chi connectivity index (χ2v) is 7.39. The van der Waals surface area contributed by atoms with Gasteiger partial charge < -0.3 is 9.88 Å². The lowest BCUT2D eigenvalue weighted by Crippen LogP contribution is -2.25. The average molecular weight is 414 g/mol. The molecule has 6 heteroatoms. The molecule has 2 aromatic carbocycles. The van der Waals surface area contributed by atoms with Crippen LogP contribution in [0.1, 0.15) is 23.5 Å². The monoisotopic (exact) mass is 413 g/mol. The second-order valence-electron chi connectivity index (χ2n) is 6.47. The van der Waals surface area contributed by atoms with E-state index in [4.69, 9.17) is 0 Å². The fourth-order valence-corrected chi connectivity index (χ4v) is 3.42. The molecule has 0 radical (unpaired) electrons. The molecule has 0 saturated heterocycles. The standard InChI is InChI=1S/C20H17BrFN3O/c21-15-4-2-14(3-5-15)16-10-17(16)20(26)24-11-13-1-6-19(18(22)9-13)25-8-7-23-12-25/h1-9,12,16-17H,10-11H2,(H,24,26). The molecule has 1 aromatic heterocycles. The maximum Gasteiger partial charge on any atom is 0.224 e. The van der Waals surface area contributed by atoms with Crippen LogP contribution in [0, 0.1) is 11.7 Å². The number of hydrogen-bond donors (Lipinski definition) is 1. The maximum atomic E-state index is 14.3. The van der Waals surface area contributed by atoms with E-state index in [-0.39, 0.29) is 23.6 Å². The van der Waals surface area contributed by atoms with Crippen molar-refractivity contribution >= 4 is 21.8 Å². The average Bonchev–Trinajstić information content (AvgIpc) is 3.26. The van der Waals surface area contributed by atoms with Crippen molar-refractivity contribution in [2.75, 3.05) is 0 Å². The van der Waals surface area contributed by atoms with E-state index in [1.807, 2.05) is 30.3 Å². The number of amides is 1. The molecule has 1 aliphatic carbocycles. The molecule has 2 unspecified atom stereocenters. The smallest absolute Gasteiger partial charge is 0.224 e. The first-order valence-electron chi connectivity index (χ1n) is 8.42. The number of benzene rings is 2. The first kappa shape index (κ1) is 17.0. The Hall–Kier alpha value is -2.47. The minimum absolute atomic E-state index is 0.00578. The summed E-state index contributed by atoms with van der Waals surface area (Å²) in [6.07, 6.45) is 5.71. The lowest BCUT2D eigenvalue weighted by atomic mass is 10.1. The molecule has 4 nitrogen and oxygen atoms in total. The van der Waals surface area contributed by atoms with Gasteiger partial charge in [0, 0.05) is 29.3 Å². The van der Waals surface area contributed by atoms with Crippen LogP contribution in [0.25, 0.3) is 5.69 Å². The van der Waals surface area contributed by atoms with Crippen LogP contribution in [0.5, 0.6) is 0 Å². The van der Waals surface area contributed by atoms with E-state index in [2.05, 4.69) is 26.2 Å². The van der Waals surface area contributed by atoms with E-state index in [1.165, 1.54) is 11.6 Å². The van der Waals surface area contributed by atoms with Crippen LogP contribution < -0.4 is 5.32 Å². The van der Waals surface area contributed by atoms with Gasteiger partial charge in [-0.2, -0.15) is 0 Å². The summed E-state index contributed by atoms with van der Waals surface area (Å²) < 4.78 is 16.9. The molecule has 1 heterocycles. The first-order valence-corrected chi connectivity index (χ1v) is 9.21. The summed E-state index contributed by atoms with van der Waals surface area (Å²) in [4.78, 5) is 16.3. The molecule has 132 valence electrons. The van der Waals surface area contributed by atoms with Crippen LogP contribution in [-0.2, 0) is 11.3 Å². The van der Waals surface area contributed by atoms with E-state index in [0.717, 1.165) is 16.5 Å². The Balaban J connectivity index is 1.35. The highest BCUT2D eigenvalue weighted by atomic mass is 79.9. The Morgan fingerprint density at radius 3 is 2.77 bits per heavy atom. The summed E-state index contributed by atoms with van der Waals surface area (Å²) in [7, 11) is 0. The molecule has 1 aliphatic rings. The van der Waals surface area contributed by atoms with Crippen molar-refractivity contribution in [3.8, 4) is 5.69 Å². The molecule has 4 rings (SSSR count). The lowest BCUT2D eigenvalue weighted by Gasteiger charge is -2.08. The summed E-state index contributed by atoms with van der Waals surface area (Å²) in [5.41, 5.74) is 2.36. The summed E-state index contributed by atoms with van der Waals surface area (Å²) in [5, 5.41) is 2.92. The van der Waals surface area contributed by atoms with Crippen LogP contribution in [0.3, 0.4) is 0 Å². The third-order valence-corrected chi connectivity index (χ3v) is 5.22. The zero-order valence-corrected chi connectivity index (χ0v) is 15.5. The van der Waals surface area contributed by atoms with Crippen molar-refractivity contribution in [2.24, 2.45) is 5.92 Å². The van der Waals surface area contributed by atoms with Crippen molar-refractivity contribution < 1.29 is 9.18 Å². The highest BCUT2D eigenvalue weighted by Gasteiger charge is 2.43. The van der Waals surface area contributed by atoms with Crippen molar-refractivity contribution in [1.82, 2.24) is 14.9 Å². The van der Waals surface area contributed by atoms with Gasteiger partial charge in [-0.1, -0.05) is 34.1 Å². The third kappa shape index (κ3) is 3.55. The summed E-state index contributed by atoms with van der Waals surface area (Å²) in [6.45, 7) is 0.323. The molecule has 0 spiro atoms. The summed E-state index contributed by atoms with van der Waals surface area (Å²) >= 11 is 3.42. The molecule has 1 N–H and O–H groups in total. The van der Waals surface area contributed by atoms with Gasteiger partial charge in [-0.3, -0.25) is 4.79 Å². The normalized spacial score (nSPS) is 18.5. The molecule has 1 saturated carbocycles. The number of imidazole rings is 1. The van der Waals surface area contributed by atoms with E-state index in [1.54, 1.807) is 29.4 Å². The molecular weight excluding hydrogens is 397 g/mol. The molecule has 1 fully saturated rings. The topological polar surface area (TPSA) is 46.9 Å². The van der Waals surface area contributed by atoms with Crippen LogP contribution >= 0.6 is 15.9 Å². The Bertz CT molecular complexity index is 925. The van der Waals surface area contributed by atoms with Crippen molar-refractivity contribution in [2.45, 2.75) is 18.9 Å². The van der Waals surface area contributed by atoms with Crippen LogP contribution in [0.15, 0.2) is 65.7 Å². The van der Waals surface area contributed by atoms with Gasteiger partial charge in [0.25, 0.3) is 0 Å². The van der Waals surface area contributed by atoms with Gasteiger partial charge in [-0.15, -0.1) is 0 Å². The highest BCUT2D eigenvalue weighted by Crippen LogP contribution is 2.47. The molecular formula is C20H17BrFN3O. The van der Waals surface area contributed by atoms with E-state index >= 15 is 0 Å². The van der Waals surface area contributed by atoms with Crippen molar-refractivity contribution in [3.05, 3.63) is 82.6 Å².